The van der Waals surface area contributed by atoms with Crippen molar-refractivity contribution in [3.05, 3.63) is 71.3 Å². The lowest BCUT2D eigenvalue weighted by Gasteiger charge is -2.25. The summed E-state index contributed by atoms with van der Waals surface area (Å²) in [4.78, 5) is 15.3. The van der Waals surface area contributed by atoms with Crippen LogP contribution in [0.15, 0.2) is 54.9 Å². The van der Waals surface area contributed by atoms with E-state index in [9.17, 15) is 10.2 Å². The van der Waals surface area contributed by atoms with Gasteiger partial charge in [0.05, 0.1) is 6.33 Å². The first-order valence-corrected chi connectivity index (χ1v) is 10.0. The maximum Gasteiger partial charge on any atom is 0.226 e. The van der Waals surface area contributed by atoms with Gasteiger partial charge in [-0.2, -0.15) is 9.97 Å². The number of phenolic OH excluding ortho intramolecular Hbond substituents is 2. The van der Waals surface area contributed by atoms with Crippen molar-refractivity contribution >= 4 is 28.6 Å². The number of halogens is 1. The number of aromatic hydroxyl groups is 2. The second kappa shape index (κ2) is 8.20. The molecule has 0 radical (unpaired) electrons. The molecule has 2 heterocycles. The van der Waals surface area contributed by atoms with Crippen LogP contribution in [0.25, 0.3) is 11.2 Å². The van der Waals surface area contributed by atoms with Crippen LogP contribution < -0.4 is 4.90 Å². The molecule has 4 rings (SSSR count). The Balaban J connectivity index is 1.85. The second-order valence-electron chi connectivity index (χ2n) is 7.35. The van der Waals surface area contributed by atoms with Crippen molar-refractivity contribution in [1.29, 1.82) is 0 Å². The Kier molecular flexibility index (Phi) is 5.46. The fourth-order valence-corrected chi connectivity index (χ4v) is 3.54. The normalized spacial score (nSPS) is 11.3. The highest BCUT2D eigenvalue weighted by Gasteiger charge is 2.21. The maximum atomic E-state index is 10.3. The van der Waals surface area contributed by atoms with Gasteiger partial charge in [-0.15, -0.1) is 0 Å². The van der Waals surface area contributed by atoms with Gasteiger partial charge in [-0.25, -0.2) is 4.98 Å². The molecule has 0 unspecified atom stereocenters. The molecular weight excluding hydrogens is 402 g/mol. The molecule has 0 aliphatic heterocycles. The summed E-state index contributed by atoms with van der Waals surface area (Å²) in [5.74, 6) is 0.906. The smallest absolute Gasteiger partial charge is 0.226 e. The van der Waals surface area contributed by atoms with Crippen molar-refractivity contribution in [3.8, 4) is 11.5 Å². The van der Waals surface area contributed by atoms with Crippen molar-refractivity contribution < 1.29 is 10.2 Å². The Labute approximate surface area is 179 Å². The molecule has 30 heavy (non-hydrogen) atoms. The molecule has 0 bridgehead atoms. The molecule has 0 atom stereocenters. The molecule has 154 valence electrons. The van der Waals surface area contributed by atoms with E-state index in [1.165, 1.54) is 0 Å². The zero-order chi connectivity index (χ0) is 21.3. The molecule has 0 spiro atoms. The highest BCUT2D eigenvalue weighted by molar-refractivity contribution is 6.28. The molecule has 0 amide bonds. The van der Waals surface area contributed by atoms with E-state index >= 15 is 0 Å². The van der Waals surface area contributed by atoms with Crippen LogP contribution in [-0.4, -0.2) is 29.7 Å². The minimum Gasteiger partial charge on any atom is -0.508 e. The number of benzene rings is 2. The van der Waals surface area contributed by atoms with E-state index in [0.717, 1.165) is 11.1 Å². The molecule has 2 N–H and O–H groups in total. The monoisotopic (exact) mass is 423 g/mol. The zero-order valence-electron chi connectivity index (χ0n) is 16.7. The third-order valence-corrected chi connectivity index (χ3v) is 5.11. The van der Waals surface area contributed by atoms with Crippen LogP contribution in [-0.2, 0) is 13.1 Å². The van der Waals surface area contributed by atoms with Gasteiger partial charge in [0, 0.05) is 30.3 Å². The predicted molar refractivity (Wildman–Crippen MR) is 117 cm³/mol. The third-order valence-electron chi connectivity index (χ3n) is 4.94. The largest absolute Gasteiger partial charge is 0.508 e. The zero-order valence-corrected chi connectivity index (χ0v) is 17.5. The van der Waals surface area contributed by atoms with E-state index in [4.69, 9.17) is 11.6 Å². The number of nitrogens with zero attached hydrogens (tertiary/aromatic N) is 5. The summed E-state index contributed by atoms with van der Waals surface area (Å²) < 4.78 is 1.94. The molecule has 0 fully saturated rings. The molecule has 0 aliphatic carbocycles. The number of hydrogen-bond donors (Lipinski definition) is 2. The topological polar surface area (TPSA) is 87.3 Å². The van der Waals surface area contributed by atoms with E-state index in [-0.39, 0.29) is 22.8 Å². The quantitative estimate of drug-likeness (QED) is 0.438. The first-order valence-electron chi connectivity index (χ1n) is 9.63. The number of phenols is 2. The summed E-state index contributed by atoms with van der Waals surface area (Å²) in [6.07, 6.45) is 1.72. The Morgan fingerprint density at radius 1 is 0.933 bits per heavy atom. The maximum absolute atomic E-state index is 10.3. The van der Waals surface area contributed by atoms with Crippen LogP contribution in [0.2, 0.25) is 5.28 Å². The van der Waals surface area contributed by atoms with Gasteiger partial charge in [0.2, 0.25) is 5.28 Å². The number of imidazole rings is 1. The average Bonchev–Trinajstić information content (AvgIpc) is 3.14. The van der Waals surface area contributed by atoms with Crippen molar-refractivity contribution in [1.82, 2.24) is 19.5 Å². The summed E-state index contributed by atoms with van der Waals surface area (Å²) in [5, 5.41) is 20.7. The van der Waals surface area contributed by atoms with Crippen molar-refractivity contribution in [3.63, 3.8) is 0 Å². The molecule has 2 aromatic carbocycles. The van der Waals surface area contributed by atoms with Crippen LogP contribution in [0.1, 0.15) is 31.0 Å². The van der Waals surface area contributed by atoms with Crippen molar-refractivity contribution in [2.75, 3.05) is 4.90 Å². The van der Waals surface area contributed by atoms with E-state index < -0.39 is 0 Å². The molecule has 0 saturated carbocycles. The van der Waals surface area contributed by atoms with Gasteiger partial charge in [-0.05, 0) is 37.6 Å². The Morgan fingerprint density at radius 2 is 1.50 bits per heavy atom. The first kappa shape index (κ1) is 20.0. The van der Waals surface area contributed by atoms with Crippen molar-refractivity contribution in [2.24, 2.45) is 0 Å². The summed E-state index contributed by atoms with van der Waals surface area (Å²) in [5.41, 5.74) is 2.69. The molecule has 8 heteroatoms. The number of hydrogen-bond acceptors (Lipinski definition) is 6. The van der Waals surface area contributed by atoms with E-state index in [0.29, 0.717) is 30.1 Å². The summed E-state index contributed by atoms with van der Waals surface area (Å²) >= 11 is 6.28. The minimum atomic E-state index is 0.111. The summed E-state index contributed by atoms with van der Waals surface area (Å²) in [7, 11) is 0. The number of fused-ring (bicyclic) bond motifs is 1. The lowest BCUT2D eigenvalue weighted by Crippen LogP contribution is -2.24. The highest BCUT2D eigenvalue weighted by Crippen LogP contribution is 2.31. The van der Waals surface area contributed by atoms with Crippen LogP contribution >= 0.6 is 11.6 Å². The molecule has 0 aliphatic rings. The number of para-hydroxylation sites is 2. The molecule has 2 aromatic heterocycles. The minimum absolute atomic E-state index is 0.111. The van der Waals surface area contributed by atoms with Crippen LogP contribution in [0.4, 0.5) is 5.82 Å². The molecule has 0 saturated heterocycles. The molecule has 7 nitrogen and oxygen atoms in total. The Bertz CT molecular complexity index is 1140. The van der Waals surface area contributed by atoms with Gasteiger partial charge in [0.15, 0.2) is 17.0 Å². The predicted octanol–water partition coefficient (Wildman–Crippen LogP) is 4.68. The first-order chi connectivity index (χ1) is 14.4. The summed E-state index contributed by atoms with van der Waals surface area (Å²) in [6, 6.07) is 14.4. The lowest BCUT2D eigenvalue weighted by molar-refractivity contribution is 0.463. The Hall–Kier alpha value is -3.32. The van der Waals surface area contributed by atoms with Gasteiger partial charge in [0.25, 0.3) is 0 Å². The fourth-order valence-electron chi connectivity index (χ4n) is 3.38. The second-order valence-corrected chi connectivity index (χ2v) is 7.69. The highest BCUT2D eigenvalue weighted by atomic mass is 35.5. The average molecular weight is 424 g/mol. The van der Waals surface area contributed by atoms with Crippen LogP contribution in [0.5, 0.6) is 11.5 Å². The Morgan fingerprint density at radius 3 is 2.03 bits per heavy atom. The van der Waals surface area contributed by atoms with E-state index in [1.807, 2.05) is 47.6 Å². The van der Waals surface area contributed by atoms with Gasteiger partial charge < -0.3 is 19.7 Å². The van der Waals surface area contributed by atoms with E-state index in [2.05, 4.69) is 15.0 Å². The van der Waals surface area contributed by atoms with Crippen molar-refractivity contribution in [2.45, 2.75) is 33.0 Å². The van der Waals surface area contributed by atoms with Gasteiger partial charge in [0.1, 0.15) is 11.5 Å². The van der Waals surface area contributed by atoms with Gasteiger partial charge in [-0.1, -0.05) is 36.4 Å². The molecule has 4 aromatic rings. The molecular formula is C22H22ClN5O2. The third kappa shape index (κ3) is 3.89. The lowest BCUT2D eigenvalue weighted by atomic mass is 10.1. The van der Waals surface area contributed by atoms with Crippen LogP contribution in [0.3, 0.4) is 0 Å². The number of anilines is 1. The van der Waals surface area contributed by atoms with Crippen LogP contribution in [0, 0.1) is 0 Å². The van der Waals surface area contributed by atoms with Gasteiger partial charge in [-0.3, -0.25) is 0 Å². The number of aromatic nitrogens is 4. The summed E-state index contributed by atoms with van der Waals surface area (Å²) in [6.45, 7) is 4.77. The SMILES string of the molecule is CC(C)n1cnc2c(N(Cc3ccccc3O)Cc3ccccc3O)nc(Cl)nc21. The van der Waals surface area contributed by atoms with E-state index in [1.54, 1.807) is 30.6 Å². The standard InChI is InChI=1S/C22H22ClN5O2/c1-14(2)28-13-24-19-20(25-22(23)26-21(19)28)27(11-15-7-3-5-9-17(15)29)12-16-8-4-6-10-18(16)30/h3-10,13-14,29-30H,11-12H2,1-2H3. The number of rotatable bonds is 6. The van der Waals surface area contributed by atoms with Gasteiger partial charge >= 0.3 is 0 Å². The fraction of sp³-hybridized carbons (Fsp3) is 0.227.